The third-order valence-corrected chi connectivity index (χ3v) is 1.69. The maximum atomic E-state index is 8.71. The third-order valence-electron chi connectivity index (χ3n) is 1.69. The molecular weight excluding hydrogens is 176 g/mol. The van der Waals surface area contributed by atoms with E-state index in [1.165, 1.54) is 0 Å². The first-order valence-corrected chi connectivity index (χ1v) is 4.24. The summed E-state index contributed by atoms with van der Waals surface area (Å²) in [5, 5.41) is 11.7. The van der Waals surface area contributed by atoms with Crippen molar-refractivity contribution in [1.82, 2.24) is 10.3 Å². The number of rotatable bonds is 3. The molecular formula is C10H12N4. The van der Waals surface area contributed by atoms with E-state index in [2.05, 4.69) is 10.3 Å². The van der Waals surface area contributed by atoms with Crippen molar-refractivity contribution in [1.29, 1.82) is 5.26 Å². The zero-order valence-corrected chi connectivity index (χ0v) is 7.99. The first kappa shape index (κ1) is 10.2. The van der Waals surface area contributed by atoms with Gasteiger partial charge in [-0.2, -0.15) is 5.26 Å². The number of nitrogen functional groups attached to an aromatic ring is 1. The second-order valence-electron chi connectivity index (χ2n) is 2.77. The highest BCUT2D eigenvalue weighted by atomic mass is 14.8. The Morgan fingerprint density at radius 1 is 1.71 bits per heavy atom. The molecule has 0 radical (unpaired) electrons. The number of nitrogens with two attached hydrogens (primary N) is 1. The summed E-state index contributed by atoms with van der Waals surface area (Å²) in [5.74, 6) is 0.276. The molecule has 0 atom stereocenters. The SMILES string of the molecule is CNCC=Cc1cnc(N)c(C#N)c1. The van der Waals surface area contributed by atoms with Gasteiger partial charge < -0.3 is 11.1 Å². The summed E-state index contributed by atoms with van der Waals surface area (Å²) in [6, 6.07) is 3.71. The number of nitrogens with zero attached hydrogens (tertiary/aromatic N) is 2. The molecule has 0 fully saturated rings. The summed E-state index contributed by atoms with van der Waals surface area (Å²) in [5.41, 5.74) is 6.78. The minimum Gasteiger partial charge on any atom is -0.383 e. The first-order chi connectivity index (χ1) is 6.77. The molecule has 0 aliphatic heterocycles. The van der Waals surface area contributed by atoms with Crippen molar-refractivity contribution in [3.05, 3.63) is 29.5 Å². The van der Waals surface area contributed by atoms with Crippen LogP contribution >= 0.6 is 0 Å². The van der Waals surface area contributed by atoms with E-state index in [9.17, 15) is 0 Å². The third kappa shape index (κ3) is 2.57. The number of hydrogen-bond donors (Lipinski definition) is 2. The van der Waals surface area contributed by atoms with Crippen LogP contribution in [0.2, 0.25) is 0 Å². The van der Waals surface area contributed by atoms with Crippen molar-refractivity contribution >= 4 is 11.9 Å². The molecule has 4 heteroatoms. The van der Waals surface area contributed by atoms with Gasteiger partial charge in [0.05, 0.1) is 5.56 Å². The molecule has 0 saturated heterocycles. The Labute approximate surface area is 83.1 Å². The zero-order chi connectivity index (χ0) is 10.4. The maximum absolute atomic E-state index is 8.71. The van der Waals surface area contributed by atoms with Crippen LogP contribution in [-0.4, -0.2) is 18.6 Å². The second kappa shape index (κ2) is 5.00. The number of likely N-dealkylation sites (N-methyl/N-ethyl adjacent to an activating group) is 1. The molecule has 1 heterocycles. The molecule has 0 aliphatic rings. The smallest absolute Gasteiger partial charge is 0.141 e. The Kier molecular flexibility index (Phi) is 3.65. The summed E-state index contributed by atoms with van der Waals surface area (Å²) >= 11 is 0. The van der Waals surface area contributed by atoms with Gasteiger partial charge in [-0.05, 0) is 18.7 Å². The average molecular weight is 188 g/mol. The number of pyridine rings is 1. The van der Waals surface area contributed by atoms with E-state index in [4.69, 9.17) is 11.0 Å². The maximum Gasteiger partial charge on any atom is 0.141 e. The van der Waals surface area contributed by atoms with Crippen molar-refractivity contribution in [2.75, 3.05) is 19.3 Å². The van der Waals surface area contributed by atoms with Crippen LogP contribution in [0.5, 0.6) is 0 Å². The largest absolute Gasteiger partial charge is 0.383 e. The Bertz CT molecular complexity index is 376. The summed E-state index contributed by atoms with van der Waals surface area (Å²) in [6.07, 6.45) is 5.49. The number of anilines is 1. The van der Waals surface area contributed by atoms with E-state index in [1.807, 2.05) is 25.3 Å². The van der Waals surface area contributed by atoms with Crippen LogP contribution in [0.3, 0.4) is 0 Å². The molecule has 4 nitrogen and oxygen atoms in total. The lowest BCUT2D eigenvalue weighted by Crippen LogP contribution is -2.03. The molecule has 0 saturated carbocycles. The molecule has 0 bridgehead atoms. The van der Waals surface area contributed by atoms with Crippen molar-refractivity contribution < 1.29 is 0 Å². The minimum atomic E-state index is 0.276. The van der Waals surface area contributed by atoms with Gasteiger partial charge in [0, 0.05) is 12.7 Å². The molecule has 14 heavy (non-hydrogen) atoms. The predicted octanol–water partition coefficient (Wildman–Crippen LogP) is 0.768. The Hall–Kier alpha value is -1.86. The summed E-state index contributed by atoms with van der Waals surface area (Å²) in [6.45, 7) is 0.784. The second-order valence-corrected chi connectivity index (χ2v) is 2.77. The molecule has 72 valence electrons. The first-order valence-electron chi connectivity index (χ1n) is 4.24. The zero-order valence-electron chi connectivity index (χ0n) is 7.99. The highest BCUT2D eigenvalue weighted by Gasteiger charge is 1.98. The van der Waals surface area contributed by atoms with Gasteiger partial charge >= 0.3 is 0 Å². The van der Waals surface area contributed by atoms with E-state index in [0.29, 0.717) is 5.56 Å². The molecule has 0 aliphatic carbocycles. The van der Waals surface area contributed by atoms with Gasteiger partial charge in [-0.15, -0.1) is 0 Å². The van der Waals surface area contributed by atoms with Gasteiger partial charge in [0.25, 0.3) is 0 Å². The Morgan fingerprint density at radius 3 is 3.14 bits per heavy atom. The summed E-state index contributed by atoms with van der Waals surface area (Å²) < 4.78 is 0. The summed E-state index contributed by atoms with van der Waals surface area (Å²) in [4.78, 5) is 3.91. The predicted molar refractivity (Wildman–Crippen MR) is 56.3 cm³/mol. The number of nitriles is 1. The standard InChI is InChI=1S/C10H12N4/c1-13-4-2-3-8-5-9(6-11)10(12)14-7-8/h2-3,5,7,13H,4H2,1H3,(H2,12,14). The molecule has 1 aromatic heterocycles. The molecule has 0 amide bonds. The number of hydrogen-bond acceptors (Lipinski definition) is 4. The van der Waals surface area contributed by atoms with Crippen molar-refractivity contribution in [3.8, 4) is 6.07 Å². The van der Waals surface area contributed by atoms with Gasteiger partial charge in [-0.3, -0.25) is 0 Å². The van der Waals surface area contributed by atoms with Crippen LogP contribution in [0.25, 0.3) is 6.08 Å². The number of nitrogens with one attached hydrogen (secondary N) is 1. The molecule has 0 aromatic carbocycles. The topological polar surface area (TPSA) is 74.7 Å². The van der Waals surface area contributed by atoms with Gasteiger partial charge in [0.2, 0.25) is 0 Å². The molecule has 0 spiro atoms. The van der Waals surface area contributed by atoms with Crippen LogP contribution in [0.1, 0.15) is 11.1 Å². The lowest BCUT2D eigenvalue weighted by Gasteiger charge is -1.97. The molecule has 0 unspecified atom stereocenters. The quantitative estimate of drug-likeness (QED) is 0.734. The van der Waals surface area contributed by atoms with Gasteiger partial charge in [-0.25, -0.2) is 4.98 Å². The van der Waals surface area contributed by atoms with Gasteiger partial charge in [0.15, 0.2) is 0 Å². The van der Waals surface area contributed by atoms with Crippen molar-refractivity contribution in [3.63, 3.8) is 0 Å². The average Bonchev–Trinajstić information content (AvgIpc) is 2.21. The minimum absolute atomic E-state index is 0.276. The summed E-state index contributed by atoms with van der Waals surface area (Å²) in [7, 11) is 1.87. The van der Waals surface area contributed by atoms with E-state index >= 15 is 0 Å². The van der Waals surface area contributed by atoms with E-state index in [-0.39, 0.29) is 5.82 Å². The van der Waals surface area contributed by atoms with Crippen molar-refractivity contribution in [2.24, 2.45) is 0 Å². The monoisotopic (exact) mass is 188 g/mol. The number of aromatic nitrogens is 1. The van der Waals surface area contributed by atoms with E-state index in [0.717, 1.165) is 12.1 Å². The molecule has 3 N–H and O–H groups in total. The van der Waals surface area contributed by atoms with Crippen LogP contribution in [-0.2, 0) is 0 Å². The highest BCUT2D eigenvalue weighted by molar-refractivity contribution is 5.57. The normalized spacial score (nSPS) is 10.3. The highest BCUT2D eigenvalue weighted by Crippen LogP contribution is 2.10. The van der Waals surface area contributed by atoms with E-state index in [1.54, 1.807) is 12.3 Å². The van der Waals surface area contributed by atoms with E-state index < -0.39 is 0 Å². The lowest BCUT2D eigenvalue weighted by atomic mass is 10.2. The Morgan fingerprint density at radius 2 is 2.50 bits per heavy atom. The van der Waals surface area contributed by atoms with Crippen LogP contribution < -0.4 is 11.1 Å². The lowest BCUT2D eigenvalue weighted by molar-refractivity contribution is 0.922. The fourth-order valence-electron chi connectivity index (χ4n) is 0.985. The van der Waals surface area contributed by atoms with Crippen LogP contribution in [0.4, 0.5) is 5.82 Å². The van der Waals surface area contributed by atoms with Gasteiger partial charge in [0.1, 0.15) is 11.9 Å². The fourth-order valence-corrected chi connectivity index (χ4v) is 0.985. The van der Waals surface area contributed by atoms with Crippen LogP contribution in [0, 0.1) is 11.3 Å². The van der Waals surface area contributed by atoms with Crippen LogP contribution in [0.15, 0.2) is 18.3 Å². The van der Waals surface area contributed by atoms with Gasteiger partial charge in [-0.1, -0.05) is 12.2 Å². The van der Waals surface area contributed by atoms with Crippen molar-refractivity contribution in [2.45, 2.75) is 0 Å². The molecule has 1 rings (SSSR count). The molecule has 1 aromatic rings. The fraction of sp³-hybridized carbons (Fsp3) is 0.200. The Balaban J connectivity index is 2.86.